The van der Waals surface area contributed by atoms with Gasteiger partial charge in [0.2, 0.25) is 11.8 Å². The molecule has 1 atom stereocenters. The van der Waals surface area contributed by atoms with Crippen LogP contribution < -0.4 is 10.6 Å². The number of thioether (sulfide) groups is 1. The molecule has 1 aromatic rings. The van der Waals surface area contributed by atoms with Gasteiger partial charge in [-0.2, -0.15) is 0 Å². The van der Waals surface area contributed by atoms with E-state index in [4.69, 9.17) is 0 Å². The molecular weight excluding hydrogens is 358 g/mol. The summed E-state index contributed by atoms with van der Waals surface area (Å²) in [6, 6.07) is 10.4. The molecule has 1 unspecified atom stereocenters. The highest BCUT2D eigenvalue weighted by Gasteiger charge is 2.25. The van der Waals surface area contributed by atoms with Crippen molar-refractivity contribution < 1.29 is 9.59 Å². The summed E-state index contributed by atoms with van der Waals surface area (Å²) in [6.07, 6.45) is 3.16. The Morgan fingerprint density at radius 3 is 2.56 bits per heavy atom. The fraction of sp³-hybridized carbons (Fsp3) is 0.556. The van der Waals surface area contributed by atoms with Gasteiger partial charge in [0.1, 0.15) is 0 Å². The Balaban J connectivity index is 0.00000225. The number of carbonyl (C=O) groups is 2. The summed E-state index contributed by atoms with van der Waals surface area (Å²) in [4.78, 5) is 26.1. The van der Waals surface area contributed by atoms with E-state index in [1.54, 1.807) is 11.8 Å². The average molecular weight is 384 g/mol. The topological polar surface area (TPSA) is 61.4 Å². The monoisotopic (exact) mass is 383 g/mol. The van der Waals surface area contributed by atoms with Gasteiger partial charge in [0.25, 0.3) is 0 Å². The number of likely N-dealkylation sites (tertiary alicyclic amines) is 1. The lowest BCUT2D eigenvalue weighted by Gasteiger charge is -2.32. The predicted octanol–water partition coefficient (Wildman–Crippen LogP) is 1.67. The molecule has 2 N–H and O–H groups in total. The number of piperidine rings is 1. The van der Waals surface area contributed by atoms with E-state index < -0.39 is 0 Å². The van der Waals surface area contributed by atoms with E-state index in [0.29, 0.717) is 5.92 Å². The van der Waals surface area contributed by atoms with Crippen molar-refractivity contribution in [2.75, 3.05) is 31.3 Å². The van der Waals surface area contributed by atoms with Crippen LogP contribution in [-0.2, 0) is 16.0 Å². The molecule has 2 saturated heterocycles. The fourth-order valence-electron chi connectivity index (χ4n) is 3.30. The highest BCUT2D eigenvalue weighted by Crippen LogP contribution is 2.21. The zero-order chi connectivity index (χ0) is 16.8. The number of rotatable bonds is 5. The predicted molar refractivity (Wildman–Crippen MR) is 104 cm³/mol. The fourth-order valence-corrected chi connectivity index (χ4v) is 4.24. The van der Waals surface area contributed by atoms with Crippen LogP contribution in [0.5, 0.6) is 0 Å². The van der Waals surface area contributed by atoms with Crippen molar-refractivity contribution in [2.24, 2.45) is 5.92 Å². The van der Waals surface area contributed by atoms with Gasteiger partial charge in [-0.05, 0) is 30.7 Å². The van der Waals surface area contributed by atoms with Gasteiger partial charge in [-0.1, -0.05) is 30.3 Å². The summed E-state index contributed by atoms with van der Waals surface area (Å²) in [5.74, 6) is 2.21. The minimum absolute atomic E-state index is 0. The van der Waals surface area contributed by atoms with Crippen LogP contribution in [0, 0.1) is 5.92 Å². The molecule has 2 fully saturated rings. The number of halogens is 1. The lowest BCUT2D eigenvalue weighted by molar-refractivity contribution is -0.134. The van der Waals surface area contributed by atoms with Gasteiger partial charge in [0.15, 0.2) is 0 Å². The largest absolute Gasteiger partial charge is 0.346 e. The standard InChI is InChI=1S/C18H25N3O2S.ClH/c22-17(11-19-18(23)16-12-24-13-20-16)21-8-6-15(7-9-21)10-14-4-2-1-3-5-14;/h1-5,15-16,20H,6-13H2,(H,19,23);1H. The lowest BCUT2D eigenvalue weighted by atomic mass is 9.90. The van der Waals surface area contributed by atoms with Gasteiger partial charge in [0, 0.05) is 24.7 Å². The molecule has 0 saturated carbocycles. The summed E-state index contributed by atoms with van der Waals surface area (Å²) in [5.41, 5.74) is 1.37. The molecule has 0 spiro atoms. The number of hydrogen-bond acceptors (Lipinski definition) is 4. The minimum Gasteiger partial charge on any atom is -0.346 e. The van der Waals surface area contributed by atoms with Gasteiger partial charge in [-0.3, -0.25) is 14.9 Å². The van der Waals surface area contributed by atoms with Crippen LogP contribution >= 0.6 is 24.2 Å². The lowest BCUT2D eigenvalue weighted by Crippen LogP contribution is -2.48. The second-order valence-corrected chi connectivity index (χ2v) is 7.53. The second-order valence-electron chi connectivity index (χ2n) is 6.50. The molecule has 2 aliphatic rings. The summed E-state index contributed by atoms with van der Waals surface area (Å²) in [6.45, 7) is 1.71. The van der Waals surface area contributed by atoms with Crippen molar-refractivity contribution in [2.45, 2.75) is 25.3 Å². The Bertz CT molecular complexity index is 559. The van der Waals surface area contributed by atoms with Crippen LogP contribution in [0.2, 0.25) is 0 Å². The quantitative estimate of drug-likeness (QED) is 0.812. The van der Waals surface area contributed by atoms with Gasteiger partial charge in [-0.25, -0.2) is 0 Å². The van der Waals surface area contributed by atoms with Crippen LogP contribution in [0.15, 0.2) is 30.3 Å². The van der Waals surface area contributed by atoms with Crippen LogP contribution in [0.25, 0.3) is 0 Å². The van der Waals surface area contributed by atoms with Crippen molar-refractivity contribution >= 4 is 36.0 Å². The molecule has 3 rings (SSSR count). The van der Waals surface area contributed by atoms with Crippen LogP contribution in [0.3, 0.4) is 0 Å². The Hall–Kier alpha value is -1.24. The summed E-state index contributed by atoms with van der Waals surface area (Å²) >= 11 is 1.71. The number of hydrogen-bond donors (Lipinski definition) is 2. The Kier molecular flexibility index (Phi) is 8.06. The van der Waals surface area contributed by atoms with E-state index in [1.807, 2.05) is 11.0 Å². The molecule has 0 radical (unpaired) electrons. The number of nitrogens with zero attached hydrogens (tertiary/aromatic N) is 1. The molecule has 25 heavy (non-hydrogen) atoms. The zero-order valence-electron chi connectivity index (χ0n) is 14.3. The third-order valence-electron chi connectivity index (χ3n) is 4.78. The average Bonchev–Trinajstić information content (AvgIpc) is 3.16. The third kappa shape index (κ3) is 5.90. The Labute approximate surface area is 159 Å². The second kappa shape index (κ2) is 10.0. The molecule has 2 amide bonds. The molecule has 0 aromatic heterocycles. The van der Waals surface area contributed by atoms with Crippen LogP contribution in [0.1, 0.15) is 18.4 Å². The first-order valence-corrected chi connectivity index (χ1v) is 9.78. The van der Waals surface area contributed by atoms with Crippen molar-refractivity contribution in [3.05, 3.63) is 35.9 Å². The van der Waals surface area contributed by atoms with E-state index in [9.17, 15) is 9.59 Å². The van der Waals surface area contributed by atoms with Crippen LogP contribution in [0.4, 0.5) is 0 Å². The van der Waals surface area contributed by atoms with E-state index in [0.717, 1.165) is 44.0 Å². The summed E-state index contributed by atoms with van der Waals surface area (Å²) in [7, 11) is 0. The van der Waals surface area contributed by atoms with Gasteiger partial charge < -0.3 is 10.2 Å². The first-order chi connectivity index (χ1) is 11.7. The van der Waals surface area contributed by atoms with Crippen molar-refractivity contribution in [1.29, 1.82) is 0 Å². The van der Waals surface area contributed by atoms with Gasteiger partial charge in [0.05, 0.1) is 12.6 Å². The first-order valence-electron chi connectivity index (χ1n) is 8.63. The zero-order valence-corrected chi connectivity index (χ0v) is 15.9. The number of benzene rings is 1. The molecule has 5 nitrogen and oxygen atoms in total. The van der Waals surface area contributed by atoms with E-state index >= 15 is 0 Å². The number of amides is 2. The van der Waals surface area contributed by atoms with Crippen molar-refractivity contribution in [3.8, 4) is 0 Å². The van der Waals surface area contributed by atoms with E-state index in [1.165, 1.54) is 5.56 Å². The maximum Gasteiger partial charge on any atom is 0.241 e. The third-order valence-corrected chi connectivity index (χ3v) is 5.72. The maximum absolute atomic E-state index is 12.3. The molecule has 0 aliphatic carbocycles. The highest BCUT2D eigenvalue weighted by molar-refractivity contribution is 7.99. The first kappa shape index (κ1) is 20.1. The SMILES string of the molecule is Cl.O=C(NCC(=O)N1CCC(Cc2ccccc2)CC1)C1CSCN1. The summed E-state index contributed by atoms with van der Waals surface area (Å²) < 4.78 is 0. The normalized spacial score (nSPS) is 20.8. The molecule has 138 valence electrons. The van der Waals surface area contributed by atoms with Gasteiger partial charge >= 0.3 is 0 Å². The van der Waals surface area contributed by atoms with E-state index in [-0.39, 0.29) is 36.8 Å². The molecule has 7 heteroatoms. The van der Waals surface area contributed by atoms with Crippen molar-refractivity contribution in [3.63, 3.8) is 0 Å². The highest BCUT2D eigenvalue weighted by atomic mass is 35.5. The summed E-state index contributed by atoms with van der Waals surface area (Å²) in [5, 5.41) is 5.88. The van der Waals surface area contributed by atoms with E-state index in [2.05, 4.69) is 34.9 Å². The van der Waals surface area contributed by atoms with Crippen molar-refractivity contribution in [1.82, 2.24) is 15.5 Å². The Morgan fingerprint density at radius 1 is 1.20 bits per heavy atom. The van der Waals surface area contributed by atoms with Crippen LogP contribution in [-0.4, -0.2) is 54.0 Å². The smallest absolute Gasteiger partial charge is 0.241 e. The molecule has 2 heterocycles. The minimum atomic E-state index is -0.153. The molecule has 1 aromatic carbocycles. The number of nitrogens with one attached hydrogen (secondary N) is 2. The maximum atomic E-state index is 12.3. The van der Waals surface area contributed by atoms with Gasteiger partial charge in [-0.15, -0.1) is 24.2 Å². The Morgan fingerprint density at radius 2 is 1.92 bits per heavy atom. The molecule has 2 aliphatic heterocycles. The molecule has 0 bridgehead atoms. The molecular formula is C18H26ClN3O2S. The number of carbonyl (C=O) groups excluding carboxylic acids is 2.